The van der Waals surface area contributed by atoms with Crippen molar-refractivity contribution < 1.29 is 9.84 Å². The van der Waals surface area contributed by atoms with Gasteiger partial charge in [0.25, 0.3) is 5.56 Å². The number of para-hydroxylation sites is 1. The third-order valence-electron chi connectivity index (χ3n) is 6.09. The average molecular weight is 488 g/mol. The summed E-state index contributed by atoms with van der Waals surface area (Å²) < 4.78 is 7.27. The van der Waals surface area contributed by atoms with Gasteiger partial charge in [-0.15, -0.1) is 0 Å². The second-order valence-corrected chi connectivity index (χ2v) is 8.92. The van der Waals surface area contributed by atoms with E-state index in [4.69, 9.17) is 4.74 Å². The van der Waals surface area contributed by atoms with Crippen molar-refractivity contribution in [1.29, 1.82) is 0 Å². The molecule has 0 bridgehead atoms. The van der Waals surface area contributed by atoms with E-state index in [1.165, 1.54) is 4.57 Å². The molecule has 0 saturated heterocycles. The number of benzene rings is 2. The lowest BCUT2D eigenvalue weighted by atomic mass is 10.1. The summed E-state index contributed by atoms with van der Waals surface area (Å²) in [7, 11) is 5.72. The summed E-state index contributed by atoms with van der Waals surface area (Å²) in [5.41, 5.74) is 3.04. The summed E-state index contributed by atoms with van der Waals surface area (Å²) in [5.74, 6) is 1.34. The SMILES string of the molecule is CN(C)CCOc1ccc(Nc2ncc3cc(N4CCNc5c(O)cccc54)c(=O)n(C)c3n2)cc1. The molecule has 2 aromatic carbocycles. The molecular formula is C26H29N7O3. The Labute approximate surface area is 208 Å². The minimum Gasteiger partial charge on any atom is -0.506 e. The highest BCUT2D eigenvalue weighted by Gasteiger charge is 2.23. The summed E-state index contributed by atoms with van der Waals surface area (Å²) in [6, 6.07) is 14.7. The van der Waals surface area contributed by atoms with Gasteiger partial charge in [-0.1, -0.05) is 6.07 Å². The first-order valence-electron chi connectivity index (χ1n) is 11.8. The lowest BCUT2D eigenvalue weighted by Crippen LogP contribution is -2.35. The Hall–Kier alpha value is -4.31. The molecule has 0 spiro atoms. The number of hydrogen-bond donors (Lipinski definition) is 3. The zero-order valence-corrected chi connectivity index (χ0v) is 20.5. The van der Waals surface area contributed by atoms with Gasteiger partial charge < -0.3 is 30.3 Å². The van der Waals surface area contributed by atoms with Crippen molar-refractivity contribution in [3.05, 3.63) is 65.1 Å². The number of aryl methyl sites for hydroxylation is 1. The number of fused-ring (bicyclic) bond motifs is 2. The number of anilines is 5. The summed E-state index contributed by atoms with van der Waals surface area (Å²) >= 11 is 0. The Morgan fingerprint density at radius 2 is 1.97 bits per heavy atom. The van der Waals surface area contributed by atoms with E-state index in [0.29, 0.717) is 42.7 Å². The fraction of sp³-hybridized carbons (Fsp3) is 0.269. The molecule has 0 unspecified atom stereocenters. The lowest BCUT2D eigenvalue weighted by Gasteiger charge is -2.32. The van der Waals surface area contributed by atoms with Gasteiger partial charge in [-0.05, 0) is 56.6 Å². The average Bonchev–Trinajstić information content (AvgIpc) is 2.87. The normalized spacial score (nSPS) is 12.9. The van der Waals surface area contributed by atoms with Crippen LogP contribution in [-0.2, 0) is 7.05 Å². The molecule has 3 N–H and O–H groups in total. The van der Waals surface area contributed by atoms with E-state index in [-0.39, 0.29) is 11.3 Å². The summed E-state index contributed by atoms with van der Waals surface area (Å²) in [6.45, 7) is 2.65. The topological polar surface area (TPSA) is 108 Å². The second-order valence-electron chi connectivity index (χ2n) is 8.92. The van der Waals surface area contributed by atoms with Crippen molar-refractivity contribution in [2.24, 2.45) is 7.05 Å². The summed E-state index contributed by atoms with van der Waals surface area (Å²) in [5, 5.41) is 17.4. The van der Waals surface area contributed by atoms with Crippen molar-refractivity contribution in [1.82, 2.24) is 19.4 Å². The number of nitrogens with zero attached hydrogens (tertiary/aromatic N) is 5. The molecule has 0 aliphatic carbocycles. The first-order valence-corrected chi connectivity index (χ1v) is 11.8. The molecule has 3 heterocycles. The predicted octanol–water partition coefficient (Wildman–Crippen LogP) is 3.28. The molecule has 2 aromatic heterocycles. The Balaban J connectivity index is 1.40. The first kappa shape index (κ1) is 23.4. The van der Waals surface area contributed by atoms with Crippen molar-refractivity contribution in [2.75, 3.05) is 55.9 Å². The maximum Gasteiger partial charge on any atom is 0.275 e. The number of aromatic nitrogens is 3. The first-order chi connectivity index (χ1) is 17.4. The summed E-state index contributed by atoms with van der Waals surface area (Å²) in [6.07, 6.45) is 1.71. The van der Waals surface area contributed by atoms with Gasteiger partial charge in [0, 0.05) is 44.0 Å². The summed E-state index contributed by atoms with van der Waals surface area (Å²) in [4.78, 5) is 26.4. The predicted molar refractivity (Wildman–Crippen MR) is 142 cm³/mol. The van der Waals surface area contributed by atoms with E-state index in [0.717, 1.165) is 29.1 Å². The van der Waals surface area contributed by atoms with Crippen molar-refractivity contribution >= 4 is 39.7 Å². The smallest absolute Gasteiger partial charge is 0.275 e. The zero-order chi connectivity index (χ0) is 25.2. The molecule has 1 aliphatic heterocycles. The largest absolute Gasteiger partial charge is 0.506 e. The third kappa shape index (κ3) is 4.63. The Morgan fingerprint density at radius 1 is 1.17 bits per heavy atom. The van der Waals surface area contributed by atoms with Gasteiger partial charge in [0.1, 0.15) is 35.1 Å². The van der Waals surface area contributed by atoms with Gasteiger partial charge in [0.2, 0.25) is 5.95 Å². The molecule has 36 heavy (non-hydrogen) atoms. The van der Waals surface area contributed by atoms with E-state index >= 15 is 0 Å². The van der Waals surface area contributed by atoms with Gasteiger partial charge in [-0.25, -0.2) is 4.98 Å². The number of hydrogen-bond acceptors (Lipinski definition) is 9. The van der Waals surface area contributed by atoms with Crippen LogP contribution in [-0.4, -0.2) is 64.9 Å². The van der Waals surface area contributed by atoms with Crippen LogP contribution in [0.4, 0.5) is 28.7 Å². The number of pyridine rings is 1. The third-order valence-corrected chi connectivity index (χ3v) is 6.09. The highest BCUT2D eigenvalue weighted by Crippen LogP contribution is 2.39. The van der Waals surface area contributed by atoms with E-state index in [1.54, 1.807) is 31.4 Å². The van der Waals surface area contributed by atoms with Crippen molar-refractivity contribution in [2.45, 2.75) is 0 Å². The molecule has 0 saturated carbocycles. The molecule has 0 amide bonds. The second kappa shape index (κ2) is 9.74. The van der Waals surface area contributed by atoms with Crippen LogP contribution >= 0.6 is 0 Å². The number of phenols is 1. The van der Waals surface area contributed by atoms with Gasteiger partial charge in [0.15, 0.2) is 0 Å². The van der Waals surface area contributed by atoms with Crippen LogP contribution in [0.1, 0.15) is 0 Å². The van der Waals surface area contributed by atoms with Crippen molar-refractivity contribution in [3.63, 3.8) is 0 Å². The number of likely N-dealkylation sites (N-methyl/N-ethyl adjacent to an activating group) is 1. The number of nitrogens with one attached hydrogen (secondary N) is 2. The molecule has 1 aliphatic rings. The van der Waals surface area contributed by atoms with Gasteiger partial charge in [-0.3, -0.25) is 9.36 Å². The van der Waals surface area contributed by atoms with Crippen LogP contribution in [0.15, 0.2) is 59.5 Å². The van der Waals surface area contributed by atoms with E-state index in [9.17, 15) is 9.90 Å². The van der Waals surface area contributed by atoms with Crippen LogP contribution in [0.3, 0.4) is 0 Å². The number of aromatic hydroxyl groups is 1. The van der Waals surface area contributed by atoms with Gasteiger partial charge in [-0.2, -0.15) is 4.98 Å². The minimum atomic E-state index is -0.178. The van der Waals surface area contributed by atoms with E-state index in [2.05, 4.69) is 25.5 Å². The standard InChI is InChI=1S/C26H29N7O3/c1-31(2)13-14-36-19-9-7-18(8-10-19)29-26-28-16-17-15-21(25(35)32(3)24(17)30-26)33-12-11-27-23-20(33)5-4-6-22(23)34/h4-10,15-16,27,34H,11-14H2,1-3H3,(H,28,29,30). The van der Waals surface area contributed by atoms with Crippen LogP contribution in [0.25, 0.3) is 11.0 Å². The lowest BCUT2D eigenvalue weighted by molar-refractivity contribution is 0.261. The number of rotatable bonds is 7. The maximum atomic E-state index is 13.4. The van der Waals surface area contributed by atoms with Crippen LogP contribution in [0, 0.1) is 0 Å². The Kier molecular flexibility index (Phi) is 6.34. The molecule has 0 atom stereocenters. The maximum absolute atomic E-state index is 13.4. The van der Waals surface area contributed by atoms with Crippen molar-refractivity contribution in [3.8, 4) is 11.5 Å². The van der Waals surface area contributed by atoms with Crippen LogP contribution < -0.4 is 25.8 Å². The molecule has 0 fully saturated rings. The molecular weight excluding hydrogens is 458 g/mol. The number of phenolic OH excluding ortho intramolecular Hbond substituents is 1. The minimum absolute atomic E-state index is 0.155. The Bertz CT molecular complexity index is 1450. The zero-order valence-electron chi connectivity index (χ0n) is 20.5. The number of ether oxygens (including phenoxy) is 1. The van der Waals surface area contributed by atoms with Gasteiger partial charge >= 0.3 is 0 Å². The molecule has 186 valence electrons. The van der Waals surface area contributed by atoms with E-state index in [1.807, 2.05) is 49.3 Å². The van der Waals surface area contributed by atoms with Crippen LogP contribution in [0.2, 0.25) is 0 Å². The fourth-order valence-electron chi connectivity index (χ4n) is 4.19. The highest BCUT2D eigenvalue weighted by atomic mass is 16.5. The molecule has 10 nitrogen and oxygen atoms in total. The van der Waals surface area contributed by atoms with Crippen LogP contribution in [0.5, 0.6) is 11.5 Å². The molecule has 5 rings (SSSR count). The molecule has 4 aromatic rings. The monoisotopic (exact) mass is 487 g/mol. The van der Waals surface area contributed by atoms with Gasteiger partial charge in [0.05, 0.1) is 5.69 Å². The molecule has 0 radical (unpaired) electrons. The fourth-order valence-corrected chi connectivity index (χ4v) is 4.19. The quantitative estimate of drug-likeness (QED) is 0.339. The Morgan fingerprint density at radius 3 is 2.75 bits per heavy atom. The molecule has 10 heteroatoms. The van der Waals surface area contributed by atoms with E-state index < -0.39 is 0 Å². The highest BCUT2D eigenvalue weighted by molar-refractivity contribution is 5.86.